The highest BCUT2D eigenvalue weighted by atomic mass is 35.5. The van der Waals surface area contributed by atoms with Crippen LogP contribution >= 0.6 is 35.0 Å². The van der Waals surface area contributed by atoms with Gasteiger partial charge in [-0.3, -0.25) is 9.59 Å². The number of thioether (sulfide) groups is 1. The van der Waals surface area contributed by atoms with Gasteiger partial charge in [-0.1, -0.05) is 35.0 Å². The molecule has 0 spiro atoms. The molecule has 2 aromatic rings. The minimum atomic E-state index is -1.56. The zero-order valence-corrected chi connectivity index (χ0v) is 23.6. The lowest BCUT2D eigenvalue weighted by Crippen LogP contribution is -2.66. The maximum Gasteiger partial charge on any atom is 0.251 e. The normalized spacial score (nSPS) is 33.7. The second kappa shape index (κ2) is 14.0. The molecular weight excluding hydrogens is 603 g/mol. The predicted octanol–water partition coefficient (Wildman–Crippen LogP) is -0.498. The molecule has 0 aromatic heterocycles. The van der Waals surface area contributed by atoms with E-state index in [-0.39, 0.29) is 11.1 Å². The first-order chi connectivity index (χ1) is 19.5. The van der Waals surface area contributed by atoms with E-state index in [0.29, 0.717) is 10.0 Å². The molecule has 2 amide bonds. The summed E-state index contributed by atoms with van der Waals surface area (Å²) in [6.07, 6.45) is -8.59. The van der Waals surface area contributed by atoms with Crippen molar-refractivity contribution in [1.29, 1.82) is 0 Å². The fourth-order valence-electron chi connectivity index (χ4n) is 4.54. The van der Waals surface area contributed by atoms with Crippen molar-refractivity contribution >= 4 is 46.8 Å². The van der Waals surface area contributed by atoms with Crippen molar-refractivity contribution in [2.75, 3.05) is 13.2 Å². The van der Waals surface area contributed by atoms with E-state index < -0.39 is 84.6 Å². The van der Waals surface area contributed by atoms with E-state index in [1.54, 1.807) is 0 Å². The Labute approximate surface area is 249 Å². The SMILES string of the molecule is O=C(NC1C(O)C(SC2O[C@@H](CO)[C@H](O)[C@H](NC(=O)c3ccc(Cl)cc3)[C@H]2O)O[C@H](CO)[C@@H]1O)c1ccc(Cl)cc1. The first-order valence-electron chi connectivity index (χ1n) is 12.6. The molecule has 4 unspecified atom stereocenters. The van der Waals surface area contributed by atoms with Crippen molar-refractivity contribution in [3.63, 3.8) is 0 Å². The molecule has 2 aromatic carbocycles. The number of aliphatic hydroxyl groups excluding tert-OH is 6. The van der Waals surface area contributed by atoms with Crippen LogP contribution in [0.25, 0.3) is 0 Å². The van der Waals surface area contributed by atoms with Gasteiger partial charge >= 0.3 is 0 Å². The number of ether oxygens (including phenoxy) is 2. The maximum atomic E-state index is 12.8. The number of benzene rings is 2. The van der Waals surface area contributed by atoms with Crippen molar-refractivity contribution in [2.24, 2.45) is 0 Å². The van der Waals surface area contributed by atoms with E-state index in [9.17, 15) is 40.2 Å². The summed E-state index contributed by atoms with van der Waals surface area (Å²) in [5.41, 5.74) is -2.13. The van der Waals surface area contributed by atoms with Gasteiger partial charge < -0.3 is 50.7 Å². The second-order valence-corrected chi connectivity index (χ2v) is 11.6. The van der Waals surface area contributed by atoms with Gasteiger partial charge in [-0.25, -0.2) is 0 Å². The molecule has 10 atom stereocenters. The number of nitrogens with one attached hydrogen (secondary N) is 2. The molecule has 0 radical (unpaired) electrons. The molecule has 2 saturated heterocycles. The predicted molar refractivity (Wildman–Crippen MR) is 149 cm³/mol. The molecule has 2 heterocycles. The van der Waals surface area contributed by atoms with Gasteiger partial charge in [-0.15, -0.1) is 0 Å². The minimum absolute atomic E-state index is 0.204. The average molecular weight is 634 g/mol. The Morgan fingerprint density at radius 3 is 1.32 bits per heavy atom. The summed E-state index contributed by atoms with van der Waals surface area (Å²) >= 11 is 12.5. The van der Waals surface area contributed by atoms with Crippen LogP contribution in [0.1, 0.15) is 20.7 Å². The summed E-state index contributed by atoms with van der Waals surface area (Å²) in [4.78, 5) is 25.6. The molecule has 8 N–H and O–H groups in total. The highest BCUT2D eigenvalue weighted by Crippen LogP contribution is 2.37. The fourth-order valence-corrected chi connectivity index (χ4v) is 6.14. The van der Waals surface area contributed by atoms with Crippen LogP contribution in [-0.2, 0) is 9.47 Å². The minimum Gasteiger partial charge on any atom is -0.394 e. The molecule has 2 aliphatic heterocycles. The van der Waals surface area contributed by atoms with Gasteiger partial charge in [0.15, 0.2) is 0 Å². The van der Waals surface area contributed by atoms with E-state index in [2.05, 4.69) is 10.6 Å². The Morgan fingerprint density at radius 1 is 0.659 bits per heavy atom. The summed E-state index contributed by atoms with van der Waals surface area (Å²) in [5, 5.41) is 69.1. The molecule has 0 aliphatic carbocycles. The molecule has 41 heavy (non-hydrogen) atoms. The van der Waals surface area contributed by atoms with Crippen LogP contribution in [0.4, 0.5) is 0 Å². The van der Waals surface area contributed by atoms with Crippen LogP contribution in [0, 0.1) is 0 Å². The molecule has 2 aliphatic rings. The van der Waals surface area contributed by atoms with E-state index in [4.69, 9.17) is 32.7 Å². The van der Waals surface area contributed by atoms with Gasteiger partial charge in [0.1, 0.15) is 47.5 Å². The lowest BCUT2D eigenvalue weighted by atomic mass is 9.96. The molecule has 0 bridgehead atoms. The van der Waals surface area contributed by atoms with Crippen molar-refractivity contribution in [3.05, 3.63) is 69.7 Å². The van der Waals surface area contributed by atoms with Crippen molar-refractivity contribution in [3.8, 4) is 0 Å². The number of halogens is 2. The smallest absolute Gasteiger partial charge is 0.251 e. The number of aliphatic hydroxyl groups is 6. The van der Waals surface area contributed by atoms with Crippen LogP contribution in [0.5, 0.6) is 0 Å². The van der Waals surface area contributed by atoms with E-state index in [1.165, 1.54) is 48.5 Å². The zero-order valence-electron chi connectivity index (χ0n) is 21.3. The molecule has 2 fully saturated rings. The summed E-state index contributed by atoms with van der Waals surface area (Å²) in [6, 6.07) is 9.21. The first kappa shape index (κ1) is 31.9. The lowest BCUT2D eigenvalue weighted by Gasteiger charge is -2.46. The summed E-state index contributed by atoms with van der Waals surface area (Å²) < 4.78 is 11.3. The molecule has 12 nitrogen and oxygen atoms in total. The van der Waals surface area contributed by atoms with Crippen LogP contribution in [-0.4, -0.2) is 115 Å². The molecule has 0 saturated carbocycles. The Bertz CT molecular complexity index is 1100. The zero-order chi connectivity index (χ0) is 29.8. The van der Waals surface area contributed by atoms with Gasteiger partial charge in [0.05, 0.1) is 25.3 Å². The van der Waals surface area contributed by atoms with E-state index in [1.807, 2.05) is 0 Å². The number of carbonyl (C=O) groups excluding carboxylic acids is 2. The fraction of sp³-hybridized carbons (Fsp3) is 0.462. The van der Waals surface area contributed by atoms with E-state index >= 15 is 0 Å². The largest absolute Gasteiger partial charge is 0.394 e. The summed E-state index contributed by atoms with van der Waals surface area (Å²) in [7, 11) is 0. The van der Waals surface area contributed by atoms with Crippen LogP contribution in [0.2, 0.25) is 10.0 Å². The Morgan fingerprint density at radius 2 is 1.00 bits per heavy atom. The molecular formula is C26H30Cl2N2O10S. The van der Waals surface area contributed by atoms with Crippen molar-refractivity contribution in [1.82, 2.24) is 10.6 Å². The van der Waals surface area contributed by atoms with Gasteiger partial charge in [-0.05, 0) is 48.5 Å². The van der Waals surface area contributed by atoms with Gasteiger partial charge in [0.2, 0.25) is 0 Å². The lowest BCUT2D eigenvalue weighted by molar-refractivity contribution is -0.175. The Kier molecular flexibility index (Phi) is 10.9. The molecule has 15 heteroatoms. The van der Waals surface area contributed by atoms with Crippen molar-refractivity contribution < 1.29 is 49.7 Å². The molecule has 224 valence electrons. The van der Waals surface area contributed by atoms with Gasteiger partial charge in [0.25, 0.3) is 11.8 Å². The van der Waals surface area contributed by atoms with Gasteiger partial charge in [0, 0.05) is 21.2 Å². The first-order valence-corrected chi connectivity index (χ1v) is 14.3. The van der Waals surface area contributed by atoms with Gasteiger partial charge in [-0.2, -0.15) is 0 Å². The van der Waals surface area contributed by atoms with Crippen LogP contribution < -0.4 is 10.6 Å². The third-order valence-corrected chi connectivity index (χ3v) is 8.67. The Hall–Kier alpha value is -2.01. The second-order valence-electron chi connectivity index (χ2n) is 9.56. The quantitative estimate of drug-likeness (QED) is 0.187. The van der Waals surface area contributed by atoms with Crippen LogP contribution in [0.3, 0.4) is 0 Å². The number of amides is 2. The summed E-state index contributed by atoms with van der Waals surface area (Å²) in [6.45, 7) is -1.33. The highest BCUT2D eigenvalue weighted by Gasteiger charge is 2.50. The number of carbonyl (C=O) groups is 2. The van der Waals surface area contributed by atoms with Crippen molar-refractivity contribution in [2.45, 2.75) is 59.6 Å². The topological polar surface area (TPSA) is 198 Å². The number of hydrogen-bond donors (Lipinski definition) is 8. The standard InChI is InChI=1S/C26H30Cl2N2O10S/c27-13-5-1-11(2-6-13)23(37)29-17-19(33)15(9-31)39-25(21(17)35)41-26-22(36)18(20(34)16(10-32)40-26)30-24(38)12-3-7-14(28)8-4-12/h1-8,15-22,25-26,31-36H,9-10H2,(H,29,37)(H,30,38)/t15-,16+,17-,18?,19-,20-,21+,22?,25?,26?/m0/s1. The van der Waals surface area contributed by atoms with Crippen LogP contribution in [0.15, 0.2) is 48.5 Å². The Balaban J connectivity index is 1.50. The maximum absolute atomic E-state index is 12.8. The highest BCUT2D eigenvalue weighted by molar-refractivity contribution is 8.00. The number of hydrogen-bond acceptors (Lipinski definition) is 11. The average Bonchev–Trinajstić information content (AvgIpc) is 2.96. The molecule has 4 rings (SSSR count). The third kappa shape index (κ3) is 7.32. The number of rotatable bonds is 8. The summed E-state index contributed by atoms with van der Waals surface area (Å²) in [5.74, 6) is -1.26. The monoisotopic (exact) mass is 632 g/mol. The third-order valence-electron chi connectivity index (χ3n) is 6.85. The van der Waals surface area contributed by atoms with E-state index in [0.717, 1.165) is 11.8 Å².